The van der Waals surface area contributed by atoms with Crippen LogP contribution in [0.5, 0.6) is 0 Å². The highest BCUT2D eigenvalue weighted by atomic mass is 35.5. The van der Waals surface area contributed by atoms with Gasteiger partial charge < -0.3 is 10.2 Å². The predicted molar refractivity (Wildman–Crippen MR) is 81.9 cm³/mol. The van der Waals surface area contributed by atoms with E-state index in [0.717, 1.165) is 36.8 Å². The number of hydrogen-bond donors (Lipinski definition) is 1. The zero-order valence-electron chi connectivity index (χ0n) is 12.1. The maximum absolute atomic E-state index is 11.8. The molecule has 1 N–H and O–H groups in total. The van der Waals surface area contributed by atoms with Gasteiger partial charge in [-0.3, -0.25) is 9.69 Å². The molecule has 1 aromatic rings. The zero-order valence-corrected chi connectivity index (χ0v) is 12.9. The molecule has 1 aliphatic heterocycles. The molecule has 0 saturated carbocycles. The summed E-state index contributed by atoms with van der Waals surface area (Å²) in [6, 6.07) is 8.26. The lowest BCUT2D eigenvalue weighted by Gasteiger charge is -2.38. The Labute approximate surface area is 125 Å². The van der Waals surface area contributed by atoms with Gasteiger partial charge in [-0.25, -0.2) is 0 Å². The lowest BCUT2D eigenvalue weighted by atomic mass is 10.1. The van der Waals surface area contributed by atoms with Gasteiger partial charge in [-0.05, 0) is 25.6 Å². The number of likely N-dealkylation sites (N-methyl/N-ethyl adjacent to an activating group) is 1. The third-order valence-corrected chi connectivity index (χ3v) is 4.24. The number of hydrogen-bond acceptors (Lipinski definition) is 3. The molecule has 0 aliphatic carbocycles. The molecule has 5 heteroatoms. The molecule has 1 heterocycles. The second-order valence-corrected chi connectivity index (χ2v) is 5.55. The molecule has 110 valence electrons. The van der Waals surface area contributed by atoms with Gasteiger partial charge in [0, 0.05) is 37.2 Å². The summed E-state index contributed by atoms with van der Waals surface area (Å²) in [7, 11) is 1.80. The van der Waals surface area contributed by atoms with Crippen LogP contribution in [-0.2, 0) is 4.79 Å². The predicted octanol–water partition coefficient (Wildman–Crippen LogP) is 1.76. The summed E-state index contributed by atoms with van der Waals surface area (Å²) in [5.74, 6) is 0.178. The van der Waals surface area contributed by atoms with Crippen molar-refractivity contribution >= 4 is 17.5 Å². The maximum Gasteiger partial charge on any atom is 0.236 e. The van der Waals surface area contributed by atoms with E-state index in [1.807, 2.05) is 23.1 Å². The SMILES string of the molecule is CNCC(=O)N1CCN(C(C)c2ccccc2Cl)CC1. The molecule has 0 bridgehead atoms. The summed E-state index contributed by atoms with van der Waals surface area (Å²) >= 11 is 6.26. The fourth-order valence-electron chi connectivity index (χ4n) is 2.63. The molecule has 1 saturated heterocycles. The number of piperazine rings is 1. The fourth-order valence-corrected chi connectivity index (χ4v) is 2.93. The van der Waals surface area contributed by atoms with E-state index in [4.69, 9.17) is 11.6 Å². The van der Waals surface area contributed by atoms with Crippen molar-refractivity contribution in [2.75, 3.05) is 39.8 Å². The average Bonchev–Trinajstić information content (AvgIpc) is 2.47. The second kappa shape index (κ2) is 7.07. The van der Waals surface area contributed by atoms with Gasteiger partial charge in [0.2, 0.25) is 5.91 Å². The Morgan fingerprint density at radius 2 is 1.95 bits per heavy atom. The Hall–Kier alpha value is -1.10. The van der Waals surface area contributed by atoms with Crippen LogP contribution in [0.25, 0.3) is 0 Å². The first kappa shape index (κ1) is 15.3. The number of carbonyl (C=O) groups excluding carboxylic acids is 1. The van der Waals surface area contributed by atoms with E-state index in [1.54, 1.807) is 7.05 Å². The van der Waals surface area contributed by atoms with Crippen molar-refractivity contribution in [2.45, 2.75) is 13.0 Å². The van der Waals surface area contributed by atoms with Crippen molar-refractivity contribution in [3.8, 4) is 0 Å². The smallest absolute Gasteiger partial charge is 0.236 e. The molecule has 1 atom stereocenters. The summed E-state index contributed by atoms with van der Waals surface area (Å²) in [6.07, 6.45) is 0. The van der Waals surface area contributed by atoms with Crippen molar-refractivity contribution in [2.24, 2.45) is 0 Å². The highest BCUT2D eigenvalue weighted by Crippen LogP contribution is 2.27. The van der Waals surface area contributed by atoms with Crippen molar-refractivity contribution < 1.29 is 4.79 Å². The number of amides is 1. The van der Waals surface area contributed by atoms with Crippen LogP contribution in [0, 0.1) is 0 Å². The van der Waals surface area contributed by atoms with Crippen LogP contribution >= 0.6 is 11.6 Å². The van der Waals surface area contributed by atoms with Crippen LogP contribution in [0.15, 0.2) is 24.3 Å². The van der Waals surface area contributed by atoms with Gasteiger partial charge >= 0.3 is 0 Å². The molecule has 4 nitrogen and oxygen atoms in total. The number of halogens is 1. The molecule has 1 aromatic carbocycles. The molecule has 1 unspecified atom stereocenters. The van der Waals surface area contributed by atoms with Gasteiger partial charge in [-0.15, -0.1) is 0 Å². The first-order chi connectivity index (χ1) is 9.63. The minimum absolute atomic E-state index is 0.178. The van der Waals surface area contributed by atoms with Gasteiger partial charge in [0.1, 0.15) is 0 Å². The van der Waals surface area contributed by atoms with E-state index in [0.29, 0.717) is 6.54 Å². The summed E-state index contributed by atoms with van der Waals surface area (Å²) in [5, 5.41) is 3.72. The van der Waals surface area contributed by atoms with Gasteiger partial charge in [-0.2, -0.15) is 0 Å². The second-order valence-electron chi connectivity index (χ2n) is 5.14. The van der Waals surface area contributed by atoms with Crippen LogP contribution in [-0.4, -0.2) is 55.5 Å². The van der Waals surface area contributed by atoms with Crippen LogP contribution in [0.4, 0.5) is 0 Å². The normalized spacial score (nSPS) is 18.1. The molecule has 2 rings (SSSR count). The fraction of sp³-hybridized carbons (Fsp3) is 0.533. The van der Waals surface area contributed by atoms with E-state index in [1.165, 1.54) is 0 Å². The topological polar surface area (TPSA) is 35.6 Å². The van der Waals surface area contributed by atoms with Crippen LogP contribution in [0.2, 0.25) is 5.02 Å². The molecule has 20 heavy (non-hydrogen) atoms. The Morgan fingerprint density at radius 1 is 1.30 bits per heavy atom. The van der Waals surface area contributed by atoms with E-state index >= 15 is 0 Å². The van der Waals surface area contributed by atoms with Crippen molar-refractivity contribution in [1.82, 2.24) is 15.1 Å². The van der Waals surface area contributed by atoms with E-state index < -0.39 is 0 Å². The Balaban J connectivity index is 1.94. The summed E-state index contributed by atoms with van der Waals surface area (Å²) in [5.41, 5.74) is 1.16. The molecule has 1 aliphatic rings. The molecular weight excluding hydrogens is 274 g/mol. The van der Waals surface area contributed by atoms with Crippen LogP contribution in [0.1, 0.15) is 18.5 Å². The monoisotopic (exact) mass is 295 g/mol. The van der Waals surface area contributed by atoms with E-state index in [2.05, 4.69) is 23.2 Å². The number of nitrogens with one attached hydrogen (secondary N) is 1. The van der Waals surface area contributed by atoms with Gasteiger partial charge in [-0.1, -0.05) is 29.8 Å². The maximum atomic E-state index is 11.8. The molecule has 0 radical (unpaired) electrons. The number of carbonyl (C=O) groups is 1. The highest BCUT2D eigenvalue weighted by molar-refractivity contribution is 6.31. The lowest BCUT2D eigenvalue weighted by molar-refractivity contribution is -0.132. The zero-order chi connectivity index (χ0) is 14.5. The van der Waals surface area contributed by atoms with Crippen LogP contribution < -0.4 is 5.32 Å². The molecule has 1 amide bonds. The van der Waals surface area contributed by atoms with E-state index in [9.17, 15) is 4.79 Å². The van der Waals surface area contributed by atoms with Crippen molar-refractivity contribution in [3.05, 3.63) is 34.9 Å². The van der Waals surface area contributed by atoms with Gasteiger partial charge in [0.05, 0.1) is 6.54 Å². The van der Waals surface area contributed by atoms with Crippen molar-refractivity contribution in [1.29, 1.82) is 0 Å². The van der Waals surface area contributed by atoms with Crippen LogP contribution in [0.3, 0.4) is 0 Å². The standard InChI is InChI=1S/C15H22ClN3O/c1-12(13-5-3-4-6-14(13)16)18-7-9-19(10-8-18)15(20)11-17-2/h3-6,12,17H,7-11H2,1-2H3. The summed E-state index contributed by atoms with van der Waals surface area (Å²) in [4.78, 5) is 16.1. The summed E-state index contributed by atoms with van der Waals surface area (Å²) < 4.78 is 0. The summed E-state index contributed by atoms with van der Waals surface area (Å²) in [6.45, 7) is 5.95. The highest BCUT2D eigenvalue weighted by Gasteiger charge is 2.25. The number of rotatable bonds is 4. The Kier molecular flexibility index (Phi) is 5.40. The average molecular weight is 296 g/mol. The third kappa shape index (κ3) is 3.51. The minimum atomic E-state index is 0.178. The molecule has 0 spiro atoms. The minimum Gasteiger partial charge on any atom is -0.339 e. The van der Waals surface area contributed by atoms with Gasteiger partial charge in [0.15, 0.2) is 0 Å². The Morgan fingerprint density at radius 3 is 2.55 bits per heavy atom. The first-order valence-corrected chi connectivity index (χ1v) is 7.42. The molecule has 0 aromatic heterocycles. The first-order valence-electron chi connectivity index (χ1n) is 7.04. The number of benzene rings is 1. The largest absolute Gasteiger partial charge is 0.339 e. The van der Waals surface area contributed by atoms with Crippen molar-refractivity contribution in [3.63, 3.8) is 0 Å². The Bertz CT molecular complexity index is 458. The number of nitrogens with zero attached hydrogens (tertiary/aromatic N) is 2. The third-order valence-electron chi connectivity index (χ3n) is 3.90. The van der Waals surface area contributed by atoms with Gasteiger partial charge in [0.25, 0.3) is 0 Å². The molecule has 1 fully saturated rings. The lowest BCUT2D eigenvalue weighted by Crippen LogP contribution is -2.51. The van der Waals surface area contributed by atoms with E-state index in [-0.39, 0.29) is 11.9 Å². The quantitative estimate of drug-likeness (QED) is 0.919. The molecular formula is C15H22ClN3O.